The van der Waals surface area contributed by atoms with Gasteiger partial charge in [-0.1, -0.05) is 11.6 Å². The number of aryl methyl sites for hydroxylation is 1. The average molecular weight is 425 g/mol. The van der Waals surface area contributed by atoms with Crippen molar-refractivity contribution in [3.63, 3.8) is 0 Å². The Morgan fingerprint density at radius 1 is 1.21 bits per heavy atom. The summed E-state index contributed by atoms with van der Waals surface area (Å²) in [4.78, 5) is 36.4. The molecule has 1 aromatic heterocycles. The van der Waals surface area contributed by atoms with Crippen molar-refractivity contribution in [1.82, 2.24) is 20.4 Å². The van der Waals surface area contributed by atoms with Crippen LogP contribution >= 0.6 is 11.6 Å². The number of imide groups is 1. The minimum atomic E-state index is -1.25. The van der Waals surface area contributed by atoms with Crippen LogP contribution in [0.5, 0.6) is 0 Å². The van der Waals surface area contributed by atoms with Crippen LogP contribution in [0, 0.1) is 12.7 Å². The molecule has 1 atom stereocenters. The zero-order valence-corrected chi connectivity index (χ0v) is 17.4. The summed E-state index contributed by atoms with van der Waals surface area (Å²) < 4.78 is 19.5. The molecule has 0 fully saturated rings. The SMILES string of the molecule is Cc1nn(-c2ccc(F)cc2)c(Cl)c1C(=O)OC(C)C(=O)NC(=O)NC(C)(C)C. The standard InChI is InChI=1S/C19H22ClFN4O4/c1-10-14(15(20)25(24-10)13-8-6-12(21)7-9-13)17(27)29-11(2)16(26)22-18(28)23-19(3,4)5/h6-9,11H,1-5H3,(H2,22,23,26,28). The van der Waals surface area contributed by atoms with E-state index in [-0.39, 0.29) is 16.4 Å². The normalized spacial score (nSPS) is 12.2. The Kier molecular flexibility index (Phi) is 6.63. The van der Waals surface area contributed by atoms with Crippen molar-refractivity contribution >= 4 is 29.5 Å². The van der Waals surface area contributed by atoms with Crippen LogP contribution in [-0.2, 0) is 9.53 Å². The van der Waals surface area contributed by atoms with E-state index in [4.69, 9.17) is 16.3 Å². The van der Waals surface area contributed by atoms with Crippen molar-refractivity contribution in [1.29, 1.82) is 0 Å². The van der Waals surface area contributed by atoms with Gasteiger partial charge in [0.1, 0.15) is 16.5 Å². The summed E-state index contributed by atoms with van der Waals surface area (Å²) in [5.74, 6) is -2.09. The number of amides is 3. The highest BCUT2D eigenvalue weighted by atomic mass is 35.5. The van der Waals surface area contributed by atoms with Gasteiger partial charge >= 0.3 is 12.0 Å². The Morgan fingerprint density at radius 3 is 2.34 bits per heavy atom. The van der Waals surface area contributed by atoms with Gasteiger partial charge in [0.15, 0.2) is 6.10 Å². The molecule has 0 bridgehead atoms. The van der Waals surface area contributed by atoms with Crippen LogP contribution in [0.25, 0.3) is 5.69 Å². The molecular weight excluding hydrogens is 403 g/mol. The number of carbonyl (C=O) groups excluding carboxylic acids is 3. The Labute approximate surface area is 172 Å². The molecule has 0 spiro atoms. The lowest BCUT2D eigenvalue weighted by Gasteiger charge is -2.21. The van der Waals surface area contributed by atoms with E-state index in [1.54, 1.807) is 27.7 Å². The highest BCUT2D eigenvalue weighted by Crippen LogP contribution is 2.24. The van der Waals surface area contributed by atoms with Gasteiger partial charge in [0.05, 0.1) is 11.4 Å². The Balaban J connectivity index is 2.11. The van der Waals surface area contributed by atoms with Crippen LogP contribution in [0.3, 0.4) is 0 Å². The molecule has 0 aliphatic heterocycles. The van der Waals surface area contributed by atoms with E-state index < -0.39 is 35.4 Å². The number of nitrogens with one attached hydrogen (secondary N) is 2. The van der Waals surface area contributed by atoms with Gasteiger partial charge in [-0.25, -0.2) is 18.7 Å². The van der Waals surface area contributed by atoms with Crippen molar-refractivity contribution in [3.8, 4) is 5.69 Å². The molecule has 2 aromatic rings. The maximum Gasteiger partial charge on any atom is 0.344 e. The second kappa shape index (κ2) is 8.60. The van der Waals surface area contributed by atoms with Gasteiger partial charge in [0.2, 0.25) is 0 Å². The molecule has 1 unspecified atom stereocenters. The van der Waals surface area contributed by atoms with Crippen molar-refractivity contribution in [3.05, 3.63) is 46.5 Å². The monoisotopic (exact) mass is 424 g/mol. The number of hydrogen-bond acceptors (Lipinski definition) is 5. The number of ether oxygens (including phenoxy) is 1. The van der Waals surface area contributed by atoms with E-state index in [9.17, 15) is 18.8 Å². The number of benzene rings is 1. The summed E-state index contributed by atoms with van der Waals surface area (Å²) in [6, 6.07) is 4.66. The number of rotatable bonds is 4. The smallest absolute Gasteiger partial charge is 0.344 e. The topological polar surface area (TPSA) is 102 Å². The first-order chi connectivity index (χ1) is 13.4. The molecular formula is C19H22ClFN4O4. The molecule has 0 saturated heterocycles. The third kappa shape index (κ3) is 5.77. The first-order valence-electron chi connectivity index (χ1n) is 8.74. The van der Waals surface area contributed by atoms with Gasteiger partial charge in [-0.2, -0.15) is 5.10 Å². The first kappa shape index (κ1) is 22.4. The summed E-state index contributed by atoms with van der Waals surface area (Å²) in [6.45, 7) is 8.13. The maximum atomic E-state index is 13.1. The van der Waals surface area contributed by atoms with E-state index in [1.807, 2.05) is 0 Å². The summed E-state index contributed by atoms with van der Waals surface area (Å²) in [5.41, 5.74) is 0.143. The van der Waals surface area contributed by atoms with Gasteiger partial charge in [0.25, 0.3) is 5.91 Å². The largest absolute Gasteiger partial charge is 0.449 e. The van der Waals surface area contributed by atoms with Crippen LogP contribution in [0.1, 0.15) is 43.7 Å². The quantitative estimate of drug-likeness (QED) is 0.734. The number of nitrogens with zero attached hydrogens (tertiary/aromatic N) is 2. The van der Waals surface area contributed by atoms with Gasteiger partial charge in [-0.05, 0) is 58.9 Å². The fourth-order valence-corrected chi connectivity index (χ4v) is 2.69. The van der Waals surface area contributed by atoms with E-state index in [0.717, 1.165) is 0 Å². The molecule has 2 rings (SSSR count). The van der Waals surface area contributed by atoms with Crippen molar-refractivity contribution in [2.24, 2.45) is 0 Å². The van der Waals surface area contributed by atoms with Crippen LogP contribution < -0.4 is 10.6 Å². The number of halogens is 2. The summed E-state index contributed by atoms with van der Waals surface area (Å²) in [5, 5.41) is 8.79. The number of urea groups is 1. The van der Waals surface area contributed by atoms with Crippen LogP contribution in [0.15, 0.2) is 24.3 Å². The Morgan fingerprint density at radius 2 is 1.79 bits per heavy atom. The third-order valence-electron chi connectivity index (χ3n) is 3.66. The van der Waals surface area contributed by atoms with Crippen molar-refractivity contribution < 1.29 is 23.5 Å². The van der Waals surface area contributed by atoms with Crippen molar-refractivity contribution in [2.75, 3.05) is 0 Å². The van der Waals surface area contributed by atoms with Crippen LogP contribution in [-0.4, -0.2) is 39.3 Å². The molecule has 3 amide bonds. The Hall–Kier alpha value is -2.94. The molecule has 1 heterocycles. The fourth-order valence-electron chi connectivity index (χ4n) is 2.34. The highest BCUT2D eigenvalue weighted by molar-refractivity contribution is 6.33. The molecule has 0 saturated carbocycles. The maximum absolute atomic E-state index is 13.1. The number of carbonyl (C=O) groups is 3. The van der Waals surface area contributed by atoms with Gasteiger partial charge in [-0.15, -0.1) is 0 Å². The van der Waals surface area contributed by atoms with Crippen LogP contribution in [0.4, 0.5) is 9.18 Å². The minimum absolute atomic E-state index is 0.0326. The van der Waals surface area contributed by atoms with Gasteiger partial charge in [0, 0.05) is 5.54 Å². The molecule has 2 N–H and O–H groups in total. The lowest BCUT2D eigenvalue weighted by Crippen LogP contribution is -2.50. The fraction of sp³-hybridized carbons (Fsp3) is 0.368. The average Bonchev–Trinajstić information content (AvgIpc) is 2.88. The third-order valence-corrected chi connectivity index (χ3v) is 4.01. The summed E-state index contributed by atoms with van der Waals surface area (Å²) >= 11 is 6.26. The van der Waals surface area contributed by atoms with Gasteiger partial charge in [-0.3, -0.25) is 10.1 Å². The lowest BCUT2D eigenvalue weighted by atomic mass is 10.1. The summed E-state index contributed by atoms with van der Waals surface area (Å²) in [7, 11) is 0. The zero-order valence-electron chi connectivity index (χ0n) is 16.7. The molecule has 10 heteroatoms. The van der Waals surface area contributed by atoms with Crippen molar-refractivity contribution in [2.45, 2.75) is 46.3 Å². The second-order valence-corrected chi connectivity index (χ2v) is 7.74. The molecule has 8 nitrogen and oxygen atoms in total. The molecule has 0 aliphatic rings. The molecule has 29 heavy (non-hydrogen) atoms. The predicted molar refractivity (Wildman–Crippen MR) is 105 cm³/mol. The number of hydrogen-bond donors (Lipinski definition) is 2. The van der Waals surface area contributed by atoms with Gasteiger partial charge < -0.3 is 10.1 Å². The van der Waals surface area contributed by atoms with E-state index >= 15 is 0 Å². The Bertz CT molecular complexity index is 935. The molecule has 0 radical (unpaired) electrons. The van der Waals surface area contributed by atoms with E-state index in [2.05, 4.69) is 15.7 Å². The highest BCUT2D eigenvalue weighted by Gasteiger charge is 2.27. The predicted octanol–water partition coefficient (Wildman–Crippen LogP) is 3.14. The number of aromatic nitrogens is 2. The molecule has 1 aromatic carbocycles. The van der Waals surface area contributed by atoms with Crippen LogP contribution in [0.2, 0.25) is 5.15 Å². The van der Waals surface area contributed by atoms with E-state index in [0.29, 0.717) is 5.69 Å². The minimum Gasteiger partial charge on any atom is -0.449 e. The zero-order chi connectivity index (χ0) is 21.9. The first-order valence-corrected chi connectivity index (χ1v) is 9.12. The summed E-state index contributed by atoms with van der Waals surface area (Å²) in [6.07, 6.45) is -1.25. The molecule has 0 aliphatic carbocycles. The van der Waals surface area contributed by atoms with E-state index in [1.165, 1.54) is 35.9 Å². The molecule has 156 valence electrons. The lowest BCUT2D eigenvalue weighted by molar-refractivity contribution is -0.127. The number of esters is 1. The second-order valence-electron chi connectivity index (χ2n) is 7.38.